The molecular weight excluding hydrogens is 246 g/mol. The molecule has 0 aliphatic carbocycles. The monoisotopic (exact) mass is 269 g/mol. The van der Waals surface area contributed by atoms with Crippen LogP contribution < -0.4 is 10.1 Å². The molecule has 0 bridgehead atoms. The fourth-order valence-corrected chi connectivity index (χ4v) is 1.67. The Labute approximate surface area is 116 Å². The van der Waals surface area contributed by atoms with Crippen molar-refractivity contribution < 1.29 is 4.74 Å². The summed E-state index contributed by atoms with van der Waals surface area (Å²) in [6, 6.07) is 5.74. The van der Waals surface area contributed by atoms with Gasteiger partial charge in [0.25, 0.3) is 0 Å². The first kappa shape index (κ1) is 15.3. The lowest BCUT2D eigenvalue weighted by Crippen LogP contribution is -2.43. The molecule has 2 nitrogen and oxygen atoms in total. The SMILES string of the molecule is CCC(C)(C)NCC(C)Oc1cc(Cl)ccc1C. The average molecular weight is 270 g/mol. The lowest BCUT2D eigenvalue weighted by atomic mass is 10.0. The second-order valence-corrected chi connectivity index (χ2v) is 5.89. The van der Waals surface area contributed by atoms with E-state index >= 15 is 0 Å². The van der Waals surface area contributed by atoms with Gasteiger partial charge in [0.1, 0.15) is 11.9 Å². The van der Waals surface area contributed by atoms with E-state index in [1.54, 1.807) is 0 Å². The van der Waals surface area contributed by atoms with Crippen LogP contribution >= 0.6 is 11.6 Å². The maximum Gasteiger partial charge on any atom is 0.124 e. The maximum atomic E-state index is 5.98. The van der Waals surface area contributed by atoms with Crippen LogP contribution in [-0.4, -0.2) is 18.2 Å². The van der Waals surface area contributed by atoms with Crippen molar-refractivity contribution in [1.82, 2.24) is 5.32 Å². The van der Waals surface area contributed by atoms with Crippen molar-refractivity contribution in [2.75, 3.05) is 6.54 Å². The van der Waals surface area contributed by atoms with E-state index in [9.17, 15) is 0 Å². The smallest absolute Gasteiger partial charge is 0.124 e. The molecule has 0 radical (unpaired) electrons. The molecule has 0 heterocycles. The Kier molecular flexibility index (Phi) is 5.48. The second-order valence-electron chi connectivity index (χ2n) is 5.46. The summed E-state index contributed by atoms with van der Waals surface area (Å²) in [4.78, 5) is 0. The van der Waals surface area contributed by atoms with Gasteiger partial charge in [-0.15, -0.1) is 0 Å². The number of hydrogen-bond donors (Lipinski definition) is 1. The lowest BCUT2D eigenvalue weighted by Gasteiger charge is -2.27. The molecule has 1 unspecified atom stereocenters. The van der Waals surface area contributed by atoms with Gasteiger partial charge < -0.3 is 10.1 Å². The molecule has 0 saturated heterocycles. The van der Waals surface area contributed by atoms with E-state index in [1.807, 2.05) is 25.1 Å². The van der Waals surface area contributed by atoms with Crippen LogP contribution in [0.25, 0.3) is 0 Å². The fourth-order valence-electron chi connectivity index (χ4n) is 1.50. The highest BCUT2D eigenvalue weighted by Crippen LogP contribution is 2.23. The minimum atomic E-state index is 0.119. The zero-order valence-electron chi connectivity index (χ0n) is 12.0. The van der Waals surface area contributed by atoms with Gasteiger partial charge in [0.15, 0.2) is 0 Å². The summed E-state index contributed by atoms with van der Waals surface area (Å²) in [7, 11) is 0. The van der Waals surface area contributed by atoms with Crippen molar-refractivity contribution in [3.05, 3.63) is 28.8 Å². The predicted molar refractivity (Wildman–Crippen MR) is 78.7 cm³/mol. The summed E-state index contributed by atoms with van der Waals surface area (Å²) in [6.07, 6.45) is 1.21. The second kappa shape index (κ2) is 6.44. The fraction of sp³-hybridized carbons (Fsp3) is 0.600. The molecule has 0 aliphatic rings. The molecular formula is C15H24ClNO. The molecule has 1 aromatic rings. The summed E-state index contributed by atoms with van der Waals surface area (Å²) in [6.45, 7) is 11.5. The van der Waals surface area contributed by atoms with E-state index in [1.165, 1.54) is 0 Å². The van der Waals surface area contributed by atoms with Gasteiger partial charge >= 0.3 is 0 Å². The van der Waals surface area contributed by atoms with Crippen molar-refractivity contribution in [2.24, 2.45) is 0 Å². The van der Waals surface area contributed by atoms with Gasteiger partial charge in [0.2, 0.25) is 0 Å². The molecule has 0 aliphatic heterocycles. The third kappa shape index (κ3) is 4.87. The molecule has 102 valence electrons. The van der Waals surface area contributed by atoms with Crippen LogP contribution in [0, 0.1) is 6.92 Å². The molecule has 0 fully saturated rings. The van der Waals surface area contributed by atoms with Gasteiger partial charge in [-0.3, -0.25) is 0 Å². The van der Waals surface area contributed by atoms with Crippen molar-refractivity contribution >= 4 is 11.6 Å². The standard InChI is InChI=1S/C15H24ClNO/c1-6-15(4,5)17-10-12(3)18-14-9-13(16)8-7-11(14)2/h7-9,12,17H,6,10H2,1-5H3. The zero-order valence-corrected chi connectivity index (χ0v) is 12.8. The van der Waals surface area contributed by atoms with Gasteiger partial charge in [-0.05, 0) is 51.8 Å². The number of hydrogen-bond acceptors (Lipinski definition) is 2. The number of ether oxygens (including phenoxy) is 1. The third-order valence-corrected chi connectivity index (χ3v) is 3.47. The highest BCUT2D eigenvalue weighted by molar-refractivity contribution is 6.30. The first-order chi connectivity index (χ1) is 8.34. The first-order valence-corrected chi connectivity index (χ1v) is 6.89. The summed E-state index contributed by atoms with van der Waals surface area (Å²) in [5.74, 6) is 0.867. The van der Waals surface area contributed by atoms with Crippen molar-refractivity contribution in [2.45, 2.75) is 52.7 Å². The van der Waals surface area contributed by atoms with E-state index in [0.717, 1.165) is 24.3 Å². The van der Waals surface area contributed by atoms with E-state index in [4.69, 9.17) is 16.3 Å². The average Bonchev–Trinajstić information content (AvgIpc) is 2.31. The van der Waals surface area contributed by atoms with Gasteiger partial charge in [0.05, 0.1) is 0 Å². The molecule has 1 atom stereocenters. The number of benzene rings is 1. The van der Waals surface area contributed by atoms with E-state index < -0.39 is 0 Å². The highest BCUT2D eigenvalue weighted by Gasteiger charge is 2.16. The first-order valence-electron chi connectivity index (χ1n) is 6.52. The van der Waals surface area contributed by atoms with E-state index in [2.05, 4.69) is 33.0 Å². The predicted octanol–water partition coefficient (Wildman–Crippen LogP) is 4.19. The molecule has 3 heteroatoms. The molecule has 18 heavy (non-hydrogen) atoms. The molecule has 0 amide bonds. The van der Waals surface area contributed by atoms with Crippen LogP contribution in [0.2, 0.25) is 5.02 Å². The number of halogens is 1. The minimum absolute atomic E-state index is 0.119. The Balaban J connectivity index is 2.54. The summed E-state index contributed by atoms with van der Waals surface area (Å²) >= 11 is 5.98. The number of aryl methyl sites for hydroxylation is 1. The molecule has 0 saturated carbocycles. The van der Waals surface area contributed by atoms with Crippen LogP contribution in [0.1, 0.15) is 39.7 Å². The Morgan fingerprint density at radius 2 is 2.06 bits per heavy atom. The van der Waals surface area contributed by atoms with Crippen LogP contribution in [0.4, 0.5) is 0 Å². The summed E-state index contributed by atoms with van der Waals surface area (Å²) < 4.78 is 5.92. The van der Waals surface area contributed by atoms with Crippen molar-refractivity contribution in [1.29, 1.82) is 0 Å². The van der Waals surface area contributed by atoms with Gasteiger partial charge in [-0.1, -0.05) is 24.6 Å². The van der Waals surface area contributed by atoms with Crippen molar-refractivity contribution in [3.63, 3.8) is 0 Å². The van der Waals surface area contributed by atoms with Crippen LogP contribution in [0.5, 0.6) is 5.75 Å². The highest BCUT2D eigenvalue weighted by atomic mass is 35.5. The molecule has 1 aromatic carbocycles. The number of rotatable bonds is 6. The van der Waals surface area contributed by atoms with Crippen LogP contribution in [0.15, 0.2) is 18.2 Å². The largest absolute Gasteiger partial charge is 0.489 e. The van der Waals surface area contributed by atoms with Crippen LogP contribution in [-0.2, 0) is 0 Å². The molecule has 1 N–H and O–H groups in total. The van der Waals surface area contributed by atoms with Crippen molar-refractivity contribution in [3.8, 4) is 5.75 Å². The van der Waals surface area contributed by atoms with Gasteiger partial charge in [0, 0.05) is 17.1 Å². The normalized spacial score (nSPS) is 13.4. The van der Waals surface area contributed by atoms with E-state index in [0.29, 0.717) is 5.02 Å². The van der Waals surface area contributed by atoms with Gasteiger partial charge in [-0.2, -0.15) is 0 Å². The Morgan fingerprint density at radius 3 is 2.67 bits per heavy atom. The molecule has 0 aromatic heterocycles. The molecule has 1 rings (SSSR count). The Morgan fingerprint density at radius 1 is 1.39 bits per heavy atom. The lowest BCUT2D eigenvalue weighted by molar-refractivity contribution is 0.198. The Hall–Kier alpha value is -0.730. The third-order valence-electron chi connectivity index (χ3n) is 3.23. The topological polar surface area (TPSA) is 21.3 Å². The summed E-state index contributed by atoms with van der Waals surface area (Å²) in [5.41, 5.74) is 1.27. The van der Waals surface area contributed by atoms with E-state index in [-0.39, 0.29) is 11.6 Å². The van der Waals surface area contributed by atoms with Crippen LogP contribution in [0.3, 0.4) is 0 Å². The number of nitrogens with one attached hydrogen (secondary N) is 1. The summed E-state index contributed by atoms with van der Waals surface area (Å²) in [5, 5.41) is 4.22. The zero-order chi connectivity index (χ0) is 13.8. The Bertz CT molecular complexity index is 390. The van der Waals surface area contributed by atoms with Gasteiger partial charge in [-0.25, -0.2) is 0 Å². The quantitative estimate of drug-likeness (QED) is 0.836. The molecule has 0 spiro atoms. The maximum absolute atomic E-state index is 5.98. The minimum Gasteiger partial charge on any atom is -0.489 e.